The highest BCUT2D eigenvalue weighted by atomic mass is 32.2. The van der Waals surface area contributed by atoms with E-state index in [-0.39, 0.29) is 16.7 Å². The topological polar surface area (TPSA) is 81.8 Å². The van der Waals surface area contributed by atoms with Gasteiger partial charge in [0.1, 0.15) is 17.3 Å². The van der Waals surface area contributed by atoms with Gasteiger partial charge in [-0.2, -0.15) is 0 Å². The number of nitrogens with two attached hydrogens (primary N) is 1. The first-order valence-corrected chi connectivity index (χ1v) is 6.46. The molecule has 0 unspecified atom stereocenters. The van der Waals surface area contributed by atoms with Crippen LogP contribution in [0.25, 0.3) is 0 Å². The second-order valence-electron chi connectivity index (χ2n) is 3.62. The van der Waals surface area contributed by atoms with Gasteiger partial charge in [0.15, 0.2) is 0 Å². The quantitative estimate of drug-likeness (QED) is 0.868. The van der Waals surface area contributed by atoms with Crippen molar-refractivity contribution < 1.29 is 13.2 Å². The third kappa shape index (κ3) is 2.16. The second-order valence-corrected chi connectivity index (χ2v) is 5.57. The van der Waals surface area contributed by atoms with Crippen molar-refractivity contribution in [2.75, 3.05) is 6.61 Å². The van der Waals surface area contributed by atoms with Crippen molar-refractivity contribution in [2.45, 2.75) is 6.92 Å². The number of aliphatic imine (C=N–C) groups is 1. The molecule has 0 bridgehead atoms. The summed E-state index contributed by atoms with van der Waals surface area (Å²) in [5.41, 5.74) is 6.20. The van der Waals surface area contributed by atoms with Gasteiger partial charge in [-0.05, 0) is 18.6 Å². The predicted octanol–water partition coefficient (Wildman–Crippen LogP) is 0.958. The van der Waals surface area contributed by atoms with E-state index in [4.69, 9.17) is 10.5 Å². The molecular weight excluding hydrogens is 240 g/mol. The molecule has 1 aliphatic rings. The van der Waals surface area contributed by atoms with Crippen LogP contribution >= 0.6 is 0 Å². The molecule has 1 heterocycles. The van der Waals surface area contributed by atoms with Crippen LogP contribution in [0.2, 0.25) is 0 Å². The maximum atomic E-state index is 11.6. The van der Waals surface area contributed by atoms with Crippen molar-refractivity contribution in [3.63, 3.8) is 0 Å². The Balaban J connectivity index is 2.10. The van der Waals surface area contributed by atoms with E-state index in [2.05, 4.69) is 4.99 Å². The average molecular weight is 252 g/mol. The molecule has 17 heavy (non-hydrogen) atoms. The van der Waals surface area contributed by atoms with Crippen LogP contribution in [0.4, 0.5) is 0 Å². The number of aryl methyl sites for hydroxylation is 1. The summed E-state index contributed by atoms with van der Waals surface area (Å²) in [6.07, 6.45) is 1.23. The lowest BCUT2D eigenvalue weighted by Crippen LogP contribution is -2.23. The van der Waals surface area contributed by atoms with E-state index in [0.29, 0.717) is 5.75 Å². The van der Waals surface area contributed by atoms with Crippen LogP contribution in [0.15, 0.2) is 40.4 Å². The van der Waals surface area contributed by atoms with Crippen molar-refractivity contribution in [2.24, 2.45) is 10.7 Å². The highest BCUT2D eigenvalue weighted by Crippen LogP contribution is 2.20. The first-order chi connectivity index (χ1) is 8.01. The van der Waals surface area contributed by atoms with Crippen LogP contribution < -0.4 is 10.5 Å². The van der Waals surface area contributed by atoms with Gasteiger partial charge < -0.3 is 10.5 Å². The molecule has 0 atom stereocenters. The number of nitrogens with zero attached hydrogens (tertiary/aromatic N) is 1. The van der Waals surface area contributed by atoms with Gasteiger partial charge in [0.2, 0.25) is 15.0 Å². The first kappa shape index (κ1) is 11.7. The number of rotatable bonds is 3. The van der Waals surface area contributed by atoms with E-state index in [0.717, 1.165) is 5.56 Å². The lowest BCUT2D eigenvalue weighted by atomic mass is 10.2. The molecule has 1 aromatic carbocycles. The van der Waals surface area contributed by atoms with Crippen LogP contribution in [0, 0.1) is 6.92 Å². The maximum Gasteiger partial charge on any atom is 0.240 e. The largest absolute Gasteiger partial charge is 0.488 e. The van der Waals surface area contributed by atoms with Crippen molar-refractivity contribution in [3.8, 4) is 5.75 Å². The molecule has 90 valence electrons. The molecule has 0 fully saturated rings. The van der Waals surface area contributed by atoms with Crippen molar-refractivity contribution >= 4 is 15.0 Å². The monoisotopic (exact) mass is 252 g/mol. The zero-order valence-electron chi connectivity index (χ0n) is 9.25. The molecule has 2 rings (SSSR count). The van der Waals surface area contributed by atoms with Gasteiger partial charge in [-0.3, -0.25) is 0 Å². The summed E-state index contributed by atoms with van der Waals surface area (Å²) in [5, 5.41) is -0.374. The Hall–Kier alpha value is -1.82. The van der Waals surface area contributed by atoms with E-state index >= 15 is 0 Å². The predicted molar refractivity (Wildman–Crippen MR) is 65.3 cm³/mol. The highest BCUT2D eigenvalue weighted by molar-refractivity contribution is 8.09. The Morgan fingerprint density at radius 2 is 2.06 bits per heavy atom. The SMILES string of the molecule is Cc1ccccc1OCC1=CN=C(N)S1(=O)=O. The molecule has 6 heteroatoms. The average Bonchev–Trinajstić information content (AvgIpc) is 2.54. The maximum absolute atomic E-state index is 11.6. The molecule has 0 amide bonds. The molecule has 0 saturated heterocycles. The minimum absolute atomic E-state index is 0.0581. The smallest absolute Gasteiger partial charge is 0.240 e. The van der Waals surface area contributed by atoms with E-state index in [1.807, 2.05) is 25.1 Å². The standard InChI is InChI=1S/C11H12N2O3S/c1-8-4-2-3-5-10(8)16-7-9-6-13-11(12)17(9,14)15/h2-6H,7H2,1H3,(H2,12,13). The fourth-order valence-corrected chi connectivity index (χ4v) is 2.26. The number of hydrogen-bond acceptors (Lipinski definition) is 5. The number of amidine groups is 1. The van der Waals surface area contributed by atoms with E-state index in [1.165, 1.54) is 6.20 Å². The Kier molecular flexibility index (Phi) is 2.89. The number of benzene rings is 1. The first-order valence-electron chi connectivity index (χ1n) is 4.97. The Labute approximate surface area is 99.5 Å². The van der Waals surface area contributed by atoms with Crippen LogP contribution in [0.1, 0.15) is 5.56 Å². The number of hydrogen-bond donors (Lipinski definition) is 1. The van der Waals surface area contributed by atoms with Gasteiger partial charge in [0.25, 0.3) is 0 Å². The fraction of sp³-hybridized carbons (Fsp3) is 0.182. The number of sulfone groups is 1. The fourth-order valence-electron chi connectivity index (χ4n) is 1.39. The lowest BCUT2D eigenvalue weighted by molar-refractivity contribution is 0.355. The van der Waals surface area contributed by atoms with Gasteiger partial charge in [-0.15, -0.1) is 0 Å². The van der Waals surface area contributed by atoms with Crippen molar-refractivity contribution in [3.05, 3.63) is 40.9 Å². The summed E-state index contributed by atoms with van der Waals surface area (Å²) in [4.78, 5) is 3.65. The zero-order valence-corrected chi connectivity index (χ0v) is 10.1. The molecule has 0 aliphatic carbocycles. The molecule has 1 aromatic rings. The summed E-state index contributed by atoms with van der Waals surface area (Å²) in [6.45, 7) is 1.83. The van der Waals surface area contributed by atoms with Gasteiger partial charge in [0.05, 0.1) is 0 Å². The molecule has 0 saturated carbocycles. The van der Waals surface area contributed by atoms with E-state index < -0.39 is 9.84 Å². The van der Waals surface area contributed by atoms with E-state index in [9.17, 15) is 8.42 Å². The summed E-state index contributed by atoms with van der Waals surface area (Å²) in [5.74, 6) is 0.647. The number of para-hydroxylation sites is 1. The highest BCUT2D eigenvalue weighted by Gasteiger charge is 2.27. The molecular formula is C11H12N2O3S. The molecule has 2 N–H and O–H groups in total. The van der Waals surface area contributed by atoms with Gasteiger partial charge in [-0.25, -0.2) is 13.4 Å². The summed E-state index contributed by atoms with van der Waals surface area (Å²) >= 11 is 0. The molecule has 0 aromatic heterocycles. The summed E-state index contributed by atoms with van der Waals surface area (Å²) in [6, 6.07) is 7.37. The Morgan fingerprint density at radius 1 is 1.35 bits per heavy atom. The van der Waals surface area contributed by atoms with Gasteiger partial charge >= 0.3 is 0 Å². The number of ether oxygens (including phenoxy) is 1. The van der Waals surface area contributed by atoms with Crippen LogP contribution in [-0.2, 0) is 9.84 Å². The summed E-state index contributed by atoms with van der Waals surface area (Å²) in [7, 11) is -3.58. The minimum Gasteiger partial charge on any atom is -0.488 e. The Bertz CT molecular complexity index is 603. The minimum atomic E-state index is -3.58. The second kappa shape index (κ2) is 4.21. The van der Waals surface area contributed by atoms with E-state index in [1.54, 1.807) is 6.07 Å². The van der Waals surface area contributed by atoms with Crippen molar-refractivity contribution in [1.29, 1.82) is 0 Å². The molecule has 5 nitrogen and oxygen atoms in total. The van der Waals surface area contributed by atoms with Crippen LogP contribution in [0.3, 0.4) is 0 Å². The molecule has 0 radical (unpaired) electrons. The molecule has 0 spiro atoms. The lowest BCUT2D eigenvalue weighted by Gasteiger charge is -2.08. The Morgan fingerprint density at radius 3 is 2.65 bits per heavy atom. The third-order valence-electron chi connectivity index (χ3n) is 2.42. The van der Waals surface area contributed by atoms with Gasteiger partial charge in [0, 0.05) is 6.20 Å². The third-order valence-corrected chi connectivity index (χ3v) is 3.99. The van der Waals surface area contributed by atoms with Crippen LogP contribution in [-0.4, -0.2) is 20.2 Å². The van der Waals surface area contributed by atoms with Crippen molar-refractivity contribution in [1.82, 2.24) is 0 Å². The summed E-state index contributed by atoms with van der Waals surface area (Å²) < 4.78 is 28.6. The zero-order chi connectivity index (χ0) is 12.5. The van der Waals surface area contributed by atoms with Crippen LogP contribution in [0.5, 0.6) is 5.75 Å². The molecule has 1 aliphatic heterocycles. The van der Waals surface area contributed by atoms with Gasteiger partial charge in [-0.1, -0.05) is 18.2 Å². The normalized spacial score (nSPS) is 17.5.